The minimum absolute atomic E-state index is 0.202. The van der Waals surface area contributed by atoms with Crippen molar-refractivity contribution in [3.63, 3.8) is 0 Å². The number of carboxylic acid groups (broad SMARTS) is 1. The maximum atomic E-state index is 11.8. The highest BCUT2D eigenvalue weighted by Crippen LogP contribution is 2.39. The van der Waals surface area contributed by atoms with E-state index < -0.39 is 12.0 Å². The van der Waals surface area contributed by atoms with Gasteiger partial charge in [0, 0.05) is 4.47 Å². The van der Waals surface area contributed by atoms with Crippen LogP contribution in [0, 0.1) is 0 Å². The minimum Gasteiger partial charge on any atom is -0.480 e. The highest BCUT2D eigenvalue weighted by atomic mass is 79.9. The van der Waals surface area contributed by atoms with Crippen molar-refractivity contribution in [1.29, 1.82) is 0 Å². The number of benzene rings is 2. The molecule has 3 nitrogen and oxygen atoms in total. The number of aliphatic carboxylic acids is 1. The summed E-state index contributed by atoms with van der Waals surface area (Å²) in [5, 5.41) is 10.7. The number of likely N-dealkylation sites (tertiary alicyclic amines) is 1. The van der Waals surface area contributed by atoms with Gasteiger partial charge in [-0.3, -0.25) is 9.69 Å². The van der Waals surface area contributed by atoms with Gasteiger partial charge in [0.25, 0.3) is 0 Å². The van der Waals surface area contributed by atoms with E-state index in [1.807, 2.05) is 36.4 Å². The van der Waals surface area contributed by atoms with Gasteiger partial charge < -0.3 is 5.11 Å². The fourth-order valence-corrected chi connectivity index (χ4v) is 4.27. The first kappa shape index (κ1) is 18.7. The first-order chi connectivity index (χ1) is 12.0. The summed E-state index contributed by atoms with van der Waals surface area (Å²) < 4.78 is 0.945. The normalized spacial score (nSPS) is 19.6. The molecule has 132 valence electrons. The zero-order valence-electron chi connectivity index (χ0n) is 13.5. The molecule has 1 fully saturated rings. The number of nitrogens with zero attached hydrogens (tertiary/aromatic N) is 1. The monoisotopic (exact) mass is 441 g/mol. The van der Waals surface area contributed by atoms with Gasteiger partial charge in [0.2, 0.25) is 0 Å². The molecular weight excluding hydrogens is 425 g/mol. The molecule has 1 N–H and O–H groups in total. The Hall–Kier alpha value is -1.07. The smallest absolute Gasteiger partial charge is 0.320 e. The standard InChI is InChI=1S/C19H18BrCl2NO2/c20-14-6-2-1-5-13(14)18(12-8-9-15(21)16(22)11-12)23-10-4-3-7-17(23)19(24)25/h1-2,5-6,8-9,11,17-18H,3-4,7,10H2,(H,24,25). The maximum Gasteiger partial charge on any atom is 0.320 e. The van der Waals surface area contributed by atoms with Crippen molar-refractivity contribution < 1.29 is 9.90 Å². The molecule has 0 bridgehead atoms. The molecule has 2 atom stereocenters. The van der Waals surface area contributed by atoms with Gasteiger partial charge in [-0.2, -0.15) is 0 Å². The Labute approximate surface area is 165 Å². The van der Waals surface area contributed by atoms with Crippen molar-refractivity contribution in [2.75, 3.05) is 6.54 Å². The van der Waals surface area contributed by atoms with E-state index in [-0.39, 0.29) is 6.04 Å². The summed E-state index contributed by atoms with van der Waals surface area (Å²) >= 11 is 15.9. The summed E-state index contributed by atoms with van der Waals surface area (Å²) in [5.74, 6) is -0.781. The van der Waals surface area contributed by atoms with Crippen molar-refractivity contribution in [3.8, 4) is 0 Å². The molecule has 6 heteroatoms. The number of halogens is 3. The second-order valence-corrected chi connectivity index (χ2v) is 7.85. The highest BCUT2D eigenvalue weighted by molar-refractivity contribution is 9.10. The van der Waals surface area contributed by atoms with Crippen LogP contribution in [0.5, 0.6) is 0 Å². The van der Waals surface area contributed by atoms with E-state index >= 15 is 0 Å². The van der Waals surface area contributed by atoms with Gasteiger partial charge in [-0.25, -0.2) is 0 Å². The predicted octanol–water partition coefficient (Wildman–Crippen LogP) is 5.78. The predicted molar refractivity (Wildman–Crippen MR) is 104 cm³/mol. The zero-order chi connectivity index (χ0) is 18.0. The molecule has 1 heterocycles. The molecule has 3 rings (SSSR count). The van der Waals surface area contributed by atoms with Crippen molar-refractivity contribution in [3.05, 3.63) is 68.1 Å². The van der Waals surface area contributed by atoms with Crippen LogP contribution in [-0.4, -0.2) is 28.6 Å². The number of hydrogen-bond acceptors (Lipinski definition) is 2. The molecular formula is C19H18BrCl2NO2. The Morgan fingerprint density at radius 2 is 1.92 bits per heavy atom. The van der Waals surface area contributed by atoms with Crippen LogP contribution in [0.1, 0.15) is 36.4 Å². The maximum absolute atomic E-state index is 11.8. The molecule has 1 saturated heterocycles. The van der Waals surface area contributed by atoms with Gasteiger partial charge in [-0.1, -0.05) is 69.8 Å². The largest absolute Gasteiger partial charge is 0.480 e. The number of carbonyl (C=O) groups is 1. The lowest BCUT2D eigenvalue weighted by molar-refractivity contribution is -0.145. The molecule has 1 aliphatic rings. The van der Waals surface area contributed by atoms with E-state index in [2.05, 4.69) is 20.8 Å². The van der Waals surface area contributed by atoms with E-state index in [1.54, 1.807) is 6.07 Å². The first-order valence-corrected chi connectivity index (χ1v) is 9.72. The second kappa shape index (κ2) is 8.09. The Kier molecular flexibility index (Phi) is 6.05. The van der Waals surface area contributed by atoms with E-state index in [0.29, 0.717) is 16.5 Å². The van der Waals surface area contributed by atoms with Crippen LogP contribution < -0.4 is 0 Å². The molecule has 0 aromatic heterocycles. The van der Waals surface area contributed by atoms with Gasteiger partial charge in [0.1, 0.15) is 6.04 Å². The quantitative estimate of drug-likeness (QED) is 0.651. The van der Waals surface area contributed by atoms with Crippen LogP contribution in [0.2, 0.25) is 10.0 Å². The van der Waals surface area contributed by atoms with Crippen molar-refractivity contribution >= 4 is 45.1 Å². The van der Waals surface area contributed by atoms with E-state index in [9.17, 15) is 9.90 Å². The number of hydrogen-bond donors (Lipinski definition) is 1. The molecule has 0 amide bonds. The van der Waals surface area contributed by atoms with Crippen molar-refractivity contribution in [1.82, 2.24) is 4.90 Å². The lowest BCUT2D eigenvalue weighted by atomic mass is 9.92. The van der Waals surface area contributed by atoms with Crippen LogP contribution in [0.25, 0.3) is 0 Å². The second-order valence-electron chi connectivity index (χ2n) is 6.19. The van der Waals surface area contributed by atoms with Gasteiger partial charge in [0.05, 0.1) is 16.1 Å². The van der Waals surface area contributed by atoms with Crippen LogP contribution in [0.15, 0.2) is 46.9 Å². The summed E-state index contributed by atoms with van der Waals surface area (Å²) in [6.07, 6.45) is 2.56. The van der Waals surface area contributed by atoms with Crippen LogP contribution in [0.3, 0.4) is 0 Å². The SMILES string of the molecule is O=C(O)C1CCCCN1C(c1ccc(Cl)c(Cl)c1)c1ccccc1Br. The average molecular weight is 443 g/mol. The lowest BCUT2D eigenvalue weighted by Gasteiger charge is -2.40. The molecule has 0 radical (unpaired) electrons. The van der Waals surface area contributed by atoms with Gasteiger partial charge in [-0.05, 0) is 48.7 Å². The number of rotatable bonds is 4. The molecule has 1 aliphatic heterocycles. The van der Waals surface area contributed by atoms with Crippen LogP contribution in [0.4, 0.5) is 0 Å². The minimum atomic E-state index is -0.781. The molecule has 0 saturated carbocycles. The third-order valence-corrected chi connectivity index (χ3v) is 6.08. The van der Waals surface area contributed by atoms with Crippen LogP contribution >= 0.6 is 39.1 Å². The van der Waals surface area contributed by atoms with Crippen molar-refractivity contribution in [2.24, 2.45) is 0 Å². The van der Waals surface area contributed by atoms with Gasteiger partial charge in [-0.15, -0.1) is 0 Å². The lowest BCUT2D eigenvalue weighted by Crippen LogP contribution is -2.46. The molecule has 0 aliphatic carbocycles. The number of piperidine rings is 1. The molecule has 2 aromatic carbocycles. The summed E-state index contributed by atoms with van der Waals surface area (Å²) in [4.78, 5) is 13.9. The first-order valence-electron chi connectivity index (χ1n) is 8.17. The summed E-state index contributed by atoms with van der Waals surface area (Å²) in [7, 11) is 0. The third-order valence-electron chi connectivity index (χ3n) is 4.62. The highest BCUT2D eigenvalue weighted by Gasteiger charge is 2.35. The topological polar surface area (TPSA) is 40.5 Å². The molecule has 2 aromatic rings. The fraction of sp³-hybridized carbons (Fsp3) is 0.316. The Morgan fingerprint density at radius 3 is 2.60 bits per heavy atom. The van der Waals surface area contributed by atoms with Crippen LogP contribution in [-0.2, 0) is 4.79 Å². The van der Waals surface area contributed by atoms with Gasteiger partial charge >= 0.3 is 5.97 Å². The Bertz CT molecular complexity index is 784. The molecule has 25 heavy (non-hydrogen) atoms. The summed E-state index contributed by atoms with van der Waals surface area (Å²) in [6.45, 7) is 0.725. The zero-order valence-corrected chi connectivity index (χ0v) is 16.6. The molecule has 2 unspecified atom stereocenters. The van der Waals surface area contributed by atoms with Crippen molar-refractivity contribution in [2.45, 2.75) is 31.3 Å². The van der Waals surface area contributed by atoms with E-state index in [4.69, 9.17) is 23.2 Å². The number of carboxylic acids is 1. The summed E-state index contributed by atoms with van der Waals surface area (Å²) in [6, 6.07) is 12.7. The third kappa shape index (κ3) is 4.03. The Balaban J connectivity index is 2.13. The Morgan fingerprint density at radius 1 is 1.16 bits per heavy atom. The fourth-order valence-electron chi connectivity index (χ4n) is 3.46. The average Bonchev–Trinajstić information content (AvgIpc) is 2.60. The summed E-state index contributed by atoms with van der Waals surface area (Å²) in [5.41, 5.74) is 1.96. The molecule has 0 spiro atoms. The van der Waals surface area contributed by atoms with E-state index in [0.717, 1.165) is 35.0 Å². The van der Waals surface area contributed by atoms with Gasteiger partial charge in [0.15, 0.2) is 0 Å². The van der Waals surface area contributed by atoms with E-state index in [1.165, 1.54) is 0 Å².